The fourth-order valence-corrected chi connectivity index (χ4v) is 2.29. The number of rotatable bonds is 5. The average Bonchev–Trinajstić information content (AvgIpc) is 2.55. The standard InChI is InChI=1S/C18H21FN2O.ClH/c1-12-10-14(8-9-16(12)19)11-21-18(22)13(2)17(20)15-6-4-3-5-7-15;/h3-10,13,17H,11,20H2,1-2H3,(H,21,22);1H. The van der Waals surface area contributed by atoms with Crippen molar-refractivity contribution in [1.82, 2.24) is 5.32 Å². The van der Waals surface area contributed by atoms with Gasteiger partial charge in [0, 0.05) is 12.6 Å². The number of amides is 1. The van der Waals surface area contributed by atoms with Crippen LogP contribution in [0.25, 0.3) is 0 Å². The summed E-state index contributed by atoms with van der Waals surface area (Å²) in [7, 11) is 0. The quantitative estimate of drug-likeness (QED) is 0.878. The Kier molecular flexibility index (Phi) is 7.20. The Bertz CT molecular complexity index is 649. The van der Waals surface area contributed by atoms with Gasteiger partial charge in [-0.2, -0.15) is 0 Å². The third kappa shape index (κ3) is 5.05. The largest absolute Gasteiger partial charge is 0.352 e. The van der Waals surface area contributed by atoms with Crippen LogP contribution in [0.2, 0.25) is 0 Å². The summed E-state index contributed by atoms with van der Waals surface area (Å²) in [5.74, 6) is -0.697. The number of halogens is 2. The average molecular weight is 337 g/mol. The van der Waals surface area contributed by atoms with Gasteiger partial charge in [0.2, 0.25) is 5.91 Å². The number of carbonyl (C=O) groups excluding carboxylic acids is 1. The lowest BCUT2D eigenvalue weighted by Crippen LogP contribution is -2.35. The lowest BCUT2D eigenvalue weighted by Gasteiger charge is -2.20. The third-order valence-electron chi connectivity index (χ3n) is 3.83. The Morgan fingerprint density at radius 1 is 1.22 bits per heavy atom. The highest BCUT2D eigenvalue weighted by Crippen LogP contribution is 2.19. The zero-order chi connectivity index (χ0) is 16.1. The van der Waals surface area contributed by atoms with Crippen molar-refractivity contribution in [2.45, 2.75) is 26.4 Å². The van der Waals surface area contributed by atoms with E-state index in [-0.39, 0.29) is 36.1 Å². The van der Waals surface area contributed by atoms with Gasteiger partial charge in [0.15, 0.2) is 0 Å². The second kappa shape index (κ2) is 8.65. The Labute approximate surface area is 142 Å². The van der Waals surface area contributed by atoms with Crippen LogP contribution in [-0.2, 0) is 11.3 Å². The molecule has 2 unspecified atom stereocenters. The first kappa shape index (κ1) is 19.1. The number of nitrogens with two attached hydrogens (primary N) is 1. The first-order valence-corrected chi connectivity index (χ1v) is 7.32. The first-order chi connectivity index (χ1) is 10.5. The molecule has 0 radical (unpaired) electrons. The van der Waals surface area contributed by atoms with Crippen LogP contribution in [0, 0.1) is 18.7 Å². The topological polar surface area (TPSA) is 55.1 Å². The molecule has 3 nitrogen and oxygen atoms in total. The van der Waals surface area contributed by atoms with Crippen LogP contribution in [0.1, 0.15) is 29.7 Å². The molecule has 0 spiro atoms. The summed E-state index contributed by atoms with van der Waals surface area (Å²) < 4.78 is 13.2. The van der Waals surface area contributed by atoms with Gasteiger partial charge in [-0.05, 0) is 29.7 Å². The number of hydrogen-bond acceptors (Lipinski definition) is 2. The van der Waals surface area contributed by atoms with E-state index >= 15 is 0 Å². The monoisotopic (exact) mass is 336 g/mol. The lowest BCUT2D eigenvalue weighted by molar-refractivity contribution is -0.125. The summed E-state index contributed by atoms with van der Waals surface area (Å²) in [5.41, 5.74) is 8.51. The maximum atomic E-state index is 13.2. The maximum absolute atomic E-state index is 13.2. The molecule has 0 bridgehead atoms. The molecule has 3 N–H and O–H groups in total. The molecule has 0 aliphatic rings. The fraction of sp³-hybridized carbons (Fsp3) is 0.278. The van der Waals surface area contributed by atoms with Crippen LogP contribution < -0.4 is 11.1 Å². The SMILES string of the molecule is Cc1cc(CNC(=O)C(C)C(N)c2ccccc2)ccc1F.Cl. The summed E-state index contributed by atoms with van der Waals surface area (Å²) in [6.07, 6.45) is 0. The van der Waals surface area contributed by atoms with Gasteiger partial charge in [0.1, 0.15) is 5.82 Å². The molecule has 2 aromatic carbocycles. The van der Waals surface area contributed by atoms with Gasteiger partial charge in [-0.15, -0.1) is 12.4 Å². The summed E-state index contributed by atoms with van der Waals surface area (Å²) in [5, 5.41) is 2.85. The van der Waals surface area contributed by atoms with Crippen molar-refractivity contribution in [3.8, 4) is 0 Å². The smallest absolute Gasteiger partial charge is 0.225 e. The van der Waals surface area contributed by atoms with Crippen LogP contribution in [0.4, 0.5) is 4.39 Å². The molecule has 2 aromatic rings. The summed E-state index contributed by atoms with van der Waals surface area (Å²) in [6, 6.07) is 14.0. The van der Waals surface area contributed by atoms with Crippen molar-refractivity contribution in [1.29, 1.82) is 0 Å². The van der Waals surface area contributed by atoms with Crippen LogP contribution >= 0.6 is 12.4 Å². The van der Waals surface area contributed by atoms with E-state index in [1.54, 1.807) is 19.1 Å². The molecule has 0 aromatic heterocycles. The van der Waals surface area contributed by atoms with Crippen LogP contribution in [-0.4, -0.2) is 5.91 Å². The normalized spacial score (nSPS) is 12.9. The van der Waals surface area contributed by atoms with E-state index in [4.69, 9.17) is 5.73 Å². The summed E-state index contributed by atoms with van der Waals surface area (Å²) in [4.78, 5) is 12.2. The van der Waals surface area contributed by atoms with E-state index in [2.05, 4.69) is 5.32 Å². The molecule has 0 saturated carbocycles. The van der Waals surface area contributed by atoms with Gasteiger partial charge in [-0.1, -0.05) is 49.4 Å². The number of hydrogen-bond donors (Lipinski definition) is 2. The third-order valence-corrected chi connectivity index (χ3v) is 3.83. The summed E-state index contributed by atoms with van der Waals surface area (Å²) in [6.45, 7) is 3.88. The number of benzene rings is 2. The Morgan fingerprint density at radius 3 is 2.48 bits per heavy atom. The van der Waals surface area contributed by atoms with Crippen LogP contribution in [0.3, 0.4) is 0 Å². The Hall–Kier alpha value is -1.91. The van der Waals surface area contributed by atoms with Gasteiger partial charge in [0.05, 0.1) is 5.92 Å². The minimum atomic E-state index is -0.351. The van der Waals surface area contributed by atoms with Gasteiger partial charge in [-0.25, -0.2) is 4.39 Å². The van der Waals surface area contributed by atoms with E-state index in [1.807, 2.05) is 37.3 Å². The molecular formula is C18H22ClFN2O. The Balaban J connectivity index is 0.00000264. The minimum absolute atomic E-state index is 0. The van der Waals surface area contributed by atoms with E-state index < -0.39 is 0 Å². The molecule has 0 aliphatic heterocycles. The van der Waals surface area contributed by atoms with E-state index in [0.717, 1.165) is 11.1 Å². The molecule has 1 amide bonds. The molecule has 0 heterocycles. The Morgan fingerprint density at radius 2 is 1.87 bits per heavy atom. The highest BCUT2D eigenvalue weighted by Gasteiger charge is 2.21. The van der Waals surface area contributed by atoms with Gasteiger partial charge in [0.25, 0.3) is 0 Å². The van der Waals surface area contributed by atoms with Gasteiger partial charge in [-0.3, -0.25) is 4.79 Å². The molecule has 0 saturated heterocycles. The van der Waals surface area contributed by atoms with Crippen molar-refractivity contribution in [2.75, 3.05) is 0 Å². The van der Waals surface area contributed by atoms with E-state index in [1.165, 1.54) is 6.07 Å². The van der Waals surface area contributed by atoms with Crippen LogP contribution in [0.15, 0.2) is 48.5 Å². The lowest BCUT2D eigenvalue weighted by atomic mass is 9.94. The highest BCUT2D eigenvalue weighted by atomic mass is 35.5. The number of carbonyl (C=O) groups is 1. The van der Waals surface area contributed by atoms with Crippen molar-refractivity contribution in [2.24, 2.45) is 11.7 Å². The van der Waals surface area contributed by atoms with Crippen molar-refractivity contribution in [3.63, 3.8) is 0 Å². The zero-order valence-electron chi connectivity index (χ0n) is 13.3. The molecule has 2 rings (SSSR count). The number of nitrogens with one attached hydrogen (secondary N) is 1. The molecule has 2 atom stereocenters. The molecule has 124 valence electrons. The van der Waals surface area contributed by atoms with Crippen molar-refractivity contribution >= 4 is 18.3 Å². The first-order valence-electron chi connectivity index (χ1n) is 7.32. The molecular weight excluding hydrogens is 315 g/mol. The van der Waals surface area contributed by atoms with Gasteiger partial charge >= 0.3 is 0 Å². The predicted octanol–water partition coefficient (Wildman–Crippen LogP) is 3.51. The molecule has 0 fully saturated rings. The van der Waals surface area contributed by atoms with E-state index in [9.17, 15) is 9.18 Å². The zero-order valence-corrected chi connectivity index (χ0v) is 14.1. The highest BCUT2D eigenvalue weighted by molar-refractivity contribution is 5.85. The van der Waals surface area contributed by atoms with Crippen molar-refractivity contribution in [3.05, 3.63) is 71.0 Å². The molecule has 23 heavy (non-hydrogen) atoms. The summed E-state index contributed by atoms with van der Waals surface area (Å²) >= 11 is 0. The maximum Gasteiger partial charge on any atom is 0.225 e. The molecule has 5 heteroatoms. The van der Waals surface area contributed by atoms with Gasteiger partial charge < -0.3 is 11.1 Å². The number of aryl methyl sites for hydroxylation is 1. The predicted molar refractivity (Wildman–Crippen MR) is 92.8 cm³/mol. The molecule has 0 aliphatic carbocycles. The minimum Gasteiger partial charge on any atom is -0.352 e. The second-order valence-electron chi connectivity index (χ2n) is 5.53. The van der Waals surface area contributed by atoms with E-state index in [0.29, 0.717) is 12.1 Å². The van der Waals surface area contributed by atoms with Crippen molar-refractivity contribution < 1.29 is 9.18 Å². The second-order valence-corrected chi connectivity index (χ2v) is 5.53. The fourth-order valence-electron chi connectivity index (χ4n) is 2.29. The van der Waals surface area contributed by atoms with Crippen LogP contribution in [0.5, 0.6) is 0 Å².